The number of anilines is 1. The number of carboxylic acids is 1. The molecule has 0 fully saturated rings. The smallest absolute Gasteiger partial charge is 0.394 e. The average Bonchev–Trinajstić information content (AvgIpc) is 2.21. The van der Waals surface area contributed by atoms with Gasteiger partial charge < -0.3 is 10.4 Å². The van der Waals surface area contributed by atoms with Crippen LogP contribution in [0.25, 0.3) is 0 Å². The molecule has 0 saturated carbocycles. The Morgan fingerprint density at radius 1 is 1.47 bits per heavy atom. The molecule has 5 heteroatoms. The molecular formula is C10H8N2O3. The van der Waals surface area contributed by atoms with Crippen LogP contribution in [0.1, 0.15) is 11.1 Å². The zero-order valence-electron chi connectivity index (χ0n) is 7.94. The van der Waals surface area contributed by atoms with Crippen molar-refractivity contribution >= 4 is 17.6 Å². The SMILES string of the molecule is Cc1ccc(C#N)cc1NC(=O)C(=O)O. The van der Waals surface area contributed by atoms with Crippen LogP contribution in [0.15, 0.2) is 18.2 Å². The van der Waals surface area contributed by atoms with Gasteiger partial charge in [-0.1, -0.05) is 6.07 Å². The number of carbonyl (C=O) groups is 2. The van der Waals surface area contributed by atoms with Gasteiger partial charge in [0, 0.05) is 5.69 Å². The molecule has 0 aliphatic heterocycles. The van der Waals surface area contributed by atoms with Gasteiger partial charge in [-0.25, -0.2) is 4.79 Å². The summed E-state index contributed by atoms with van der Waals surface area (Å²) in [5.74, 6) is -2.68. The Balaban J connectivity index is 2.99. The van der Waals surface area contributed by atoms with Gasteiger partial charge >= 0.3 is 11.9 Å². The first-order valence-electron chi connectivity index (χ1n) is 4.09. The third-order valence-electron chi connectivity index (χ3n) is 1.81. The first-order chi connectivity index (χ1) is 7.04. The normalized spacial score (nSPS) is 9.07. The summed E-state index contributed by atoms with van der Waals surface area (Å²) in [6.45, 7) is 1.71. The van der Waals surface area contributed by atoms with E-state index in [0.717, 1.165) is 0 Å². The topological polar surface area (TPSA) is 90.2 Å². The quantitative estimate of drug-likeness (QED) is 0.664. The monoisotopic (exact) mass is 204 g/mol. The third-order valence-corrected chi connectivity index (χ3v) is 1.81. The molecule has 0 radical (unpaired) electrons. The van der Waals surface area contributed by atoms with E-state index in [9.17, 15) is 9.59 Å². The van der Waals surface area contributed by atoms with Gasteiger partial charge in [-0.05, 0) is 24.6 Å². The van der Waals surface area contributed by atoms with Gasteiger partial charge in [-0.15, -0.1) is 0 Å². The fraction of sp³-hybridized carbons (Fsp3) is 0.100. The maximum absolute atomic E-state index is 10.9. The lowest BCUT2D eigenvalue weighted by molar-refractivity contribution is -0.147. The number of rotatable bonds is 1. The second-order valence-corrected chi connectivity index (χ2v) is 2.90. The highest BCUT2D eigenvalue weighted by Gasteiger charge is 2.12. The second-order valence-electron chi connectivity index (χ2n) is 2.90. The van der Waals surface area contributed by atoms with Crippen molar-refractivity contribution in [3.63, 3.8) is 0 Å². The summed E-state index contributed by atoms with van der Waals surface area (Å²) >= 11 is 0. The van der Waals surface area contributed by atoms with Crippen LogP contribution in [0.3, 0.4) is 0 Å². The maximum Gasteiger partial charge on any atom is 0.394 e. The second kappa shape index (κ2) is 4.24. The zero-order chi connectivity index (χ0) is 11.4. The molecule has 1 aromatic carbocycles. The molecule has 0 spiro atoms. The van der Waals surface area contributed by atoms with Gasteiger partial charge in [0.05, 0.1) is 11.6 Å². The Bertz CT molecular complexity index is 460. The molecule has 5 nitrogen and oxygen atoms in total. The number of amides is 1. The number of nitrogens with one attached hydrogen (secondary N) is 1. The van der Waals surface area contributed by atoms with E-state index >= 15 is 0 Å². The minimum atomic E-state index is -1.56. The van der Waals surface area contributed by atoms with Crippen molar-refractivity contribution in [1.29, 1.82) is 5.26 Å². The molecule has 0 bridgehead atoms. The zero-order valence-corrected chi connectivity index (χ0v) is 7.94. The van der Waals surface area contributed by atoms with Crippen LogP contribution < -0.4 is 5.32 Å². The molecule has 1 aromatic rings. The van der Waals surface area contributed by atoms with Crippen molar-refractivity contribution in [2.45, 2.75) is 6.92 Å². The largest absolute Gasteiger partial charge is 0.474 e. The van der Waals surface area contributed by atoms with Crippen LogP contribution in [0.5, 0.6) is 0 Å². The molecule has 1 amide bonds. The number of carbonyl (C=O) groups excluding carboxylic acids is 1. The van der Waals surface area contributed by atoms with Crippen molar-refractivity contribution in [3.8, 4) is 6.07 Å². The Morgan fingerprint density at radius 3 is 2.67 bits per heavy atom. The van der Waals surface area contributed by atoms with E-state index in [-0.39, 0.29) is 0 Å². The molecule has 0 aromatic heterocycles. The van der Waals surface area contributed by atoms with E-state index in [1.807, 2.05) is 6.07 Å². The average molecular weight is 204 g/mol. The standard InChI is InChI=1S/C10H8N2O3/c1-6-2-3-7(5-11)4-8(6)12-9(13)10(14)15/h2-4H,1H3,(H,12,13)(H,14,15). The molecular weight excluding hydrogens is 196 g/mol. The maximum atomic E-state index is 10.9. The molecule has 15 heavy (non-hydrogen) atoms. The van der Waals surface area contributed by atoms with Gasteiger partial charge in [0.2, 0.25) is 0 Å². The predicted octanol–water partition coefficient (Wildman–Crippen LogP) is 0.890. The van der Waals surface area contributed by atoms with Gasteiger partial charge in [0.25, 0.3) is 0 Å². The molecule has 1 rings (SSSR count). The Morgan fingerprint density at radius 2 is 2.13 bits per heavy atom. The summed E-state index contributed by atoms with van der Waals surface area (Å²) < 4.78 is 0. The highest BCUT2D eigenvalue weighted by Crippen LogP contribution is 2.16. The van der Waals surface area contributed by atoms with Crippen LogP contribution >= 0.6 is 0 Å². The number of hydrogen-bond donors (Lipinski definition) is 2. The van der Waals surface area contributed by atoms with Crippen LogP contribution in [0.4, 0.5) is 5.69 Å². The lowest BCUT2D eigenvalue weighted by Gasteiger charge is -2.05. The first-order valence-corrected chi connectivity index (χ1v) is 4.09. The Kier molecular flexibility index (Phi) is 3.03. The highest BCUT2D eigenvalue weighted by atomic mass is 16.4. The molecule has 0 heterocycles. The van der Waals surface area contributed by atoms with Crippen LogP contribution in [-0.4, -0.2) is 17.0 Å². The summed E-state index contributed by atoms with van der Waals surface area (Å²) in [5.41, 5.74) is 1.39. The Labute approximate surface area is 86.0 Å². The predicted molar refractivity (Wildman–Crippen MR) is 52.2 cm³/mol. The number of benzene rings is 1. The molecule has 0 aliphatic carbocycles. The molecule has 2 N–H and O–H groups in total. The fourth-order valence-corrected chi connectivity index (χ4v) is 1.00. The molecule has 0 aliphatic rings. The minimum Gasteiger partial charge on any atom is -0.474 e. The molecule has 76 valence electrons. The van der Waals surface area contributed by atoms with Crippen molar-refractivity contribution < 1.29 is 14.7 Å². The van der Waals surface area contributed by atoms with Crippen molar-refractivity contribution in [3.05, 3.63) is 29.3 Å². The van der Waals surface area contributed by atoms with Crippen molar-refractivity contribution in [1.82, 2.24) is 0 Å². The van der Waals surface area contributed by atoms with Gasteiger partial charge in [-0.3, -0.25) is 4.79 Å². The van der Waals surface area contributed by atoms with Crippen LogP contribution in [0, 0.1) is 18.3 Å². The lowest BCUT2D eigenvalue weighted by atomic mass is 10.1. The minimum absolute atomic E-state index is 0.335. The van der Waals surface area contributed by atoms with E-state index in [2.05, 4.69) is 5.32 Å². The van der Waals surface area contributed by atoms with E-state index in [0.29, 0.717) is 16.8 Å². The Hall–Kier alpha value is -2.35. The van der Waals surface area contributed by atoms with Crippen LogP contribution in [-0.2, 0) is 9.59 Å². The summed E-state index contributed by atoms with van der Waals surface area (Å²) in [6.07, 6.45) is 0. The van der Waals surface area contributed by atoms with E-state index in [4.69, 9.17) is 10.4 Å². The highest BCUT2D eigenvalue weighted by molar-refractivity contribution is 6.36. The van der Waals surface area contributed by atoms with E-state index in [1.54, 1.807) is 19.1 Å². The third kappa shape index (κ3) is 2.54. The summed E-state index contributed by atoms with van der Waals surface area (Å²) in [4.78, 5) is 21.2. The van der Waals surface area contributed by atoms with E-state index in [1.165, 1.54) is 6.07 Å². The summed E-state index contributed by atoms with van der Waals surface area (Å²) in [7, 11) is 0. The van der Waals surface area contributed by atoms with Gasteiger partial charge in [-0.2, -0.15) is 5.26 Å². The fourth-order valence-electron chi connectivity index (χ4n) is 1.00. The van der Waals surface area contributed by atoms with E-state index < -0.39 is 11.9 Å². The van der Waals surface area contributed by atoms with Crippen LogP contribution in [0.2, 0.25) is 0 Å². The number of hydrogen-bond acceptors (Lipinski definition) is 3. The molecule has 0 atom stereocenters. The van der Waals surface area contributed by atoms with Crippen molar-refractivity contribution in [2.24, 2.45) is 0 Å². The molecule has 0 unspecified atom stereocenters. The van der Waals surface area contributed by atoms with Gasteiger partial charge in [0.15, 0.2) is 0 Å². The number of nitrogens with zero attached hydrogens (tertiary/aromatic N) is 1. The van der Waals surface area contributed by atoms with Gasteiger partial charge in [0.1, 0.15) is 0 Å². The summed E-state index contributed by atoms with van der Waals surface area (Å²) in [6, 6.07) is 6.55. The lowest BCUT2D eigenvalue weighted by Crippen LogP contribution is -2.22. The first kappa shape index (κ1) is 10.7. The number of aryl methyl sites for hydroxylation is 1. The molecule has 0 saturated heterocycles. The number of nitriles is 1. The summed E-state index contributed by atoms with van der Waals surface area (Å²) in [5, 5.41) is 19.2. The number of aliphatic carboxylic acids is 1. The van der Waals surface area contributed by atoms with Crippen molar-refractivity contribution in [2.75, 3.05) is 5.32 Å². The number of carboxylic acid groups (broad SMARTS) is 1.